The topological polar surface area (TPSA) is 196 Å². The summed E-state index contributed by atoms with van der Waals surface area (Å²) < 4.78 is 66.2. The SMILES string of the molecule is C=CC(=O)OCCOCCOCCOc1ccc(OC(=O)C2CCC(COc3ccc(OCC4CCC(C(=O)Oc5ccc(OCCOCCOCCOC(=O)C=C)cc5)CC4)c(C=O)c3)CC2)cc1. The van der Waals surface area contributed by atoms with E-state index in [4.69, 9.17) is 56.8 Å². The first-order valence-corrected chi connectivity index (χ1v) is 23.9. The predicted octanol–water partition coefficient (Wildman–Crippen LogP) is 7.36. The number of rotatable bonds is 33. The van der Waals surface area contributed by atoms with Crippen molar-refractivity contribution < 1.29 is 80.8 Å². The highest BCUT2D eigenvalue weighted by molar-refractivity contribution is 5.81. The summed E-state index contributed by atoms with van der Waals surface area (Å²) in [5.74, 6) is 1.83. The normalized spacial score (nSPS) is 17.5. The summed E-state index contributed by atoms with van der Waals surface area (Å²) in [6, 6.07) is 19.0. The third-order valence-electron chi connectivity index (χ3n) is 11.5. The molecule has 17 heteroatoms. The lowest BCUT2D eigenvalue weighted by Gasteiger charge is -2.27. The van der Waals surface area contributed by atoms with Crippen molar-refractivity contribution in [3.8, 4) is 34.5 Å². The predicted molar refractivity (Wildman–Crippen MR) is 254 cm³/mol. The standard InChI is InChI=1S/C53H66O17/c1-3-50(55)65-33-29-61-25-23-59-27-31-63-44-13-17-46(18-14-44)69-52(57)41-9-5-39(6-10-41)37-67-48-21-22-49(43(35-48)36-54)68-38-40-7-11-42(12-8-40)53(58)70-47-19-15-45(16-20-47)64-32-28-60-24-26-62-30-34-66-51(56)4-2/h3-4,13-22,35-36,39-42H,1-2,5-12,23-34,37-38H2. The van der Waals surface area contributed by atoms with Gasteiger partial charge in [-0.1, -0.05) is 13.2 Å². The molecule has 0 aliphatic heterocycles. The second kappa shape index (κ2) is 31.8. The number of carbonyl (C=O) groups excluding carboxylic acids is 5. The fourth-order valence-corrected chi connectivity index (χ4v) is 7.60. The van der Waals surface area contributed by atoms with Gasteiger partial charge in [-0.05, 0) is 130 Å². The van der Waals surface area contributed by atoms with E-state index in [0.717, 1.165) is 44.1 Å². The zero-order valence-corrected chi connectivity index (χ0v) is 39.8. The molecular formula is C53H66O17. The molecule has 0 bridgehead atoms. The van der Waals surface area contributed by atoms with Crippen molar-refractivity contribution >= 4 is 30.2 Å². The minimum atomic E-state index is -0.486. The summed E-state index contributed by atoms with van der Waals surface area (Å²) in [6.07, 6.45) is 8.94. The van der Waals surface area contributed by atoms with Crippen LogP contribution in [0.1, 0.15) is 61.7 Å². The van der Waals surface area contributed by atoms with Gasteiger partial charge in [-0.15, -0.1) is 0 Å². The van der Waals surface area contributed by atoms with E-state index in [0.29, 0.717) is 132 Å². The molecule has 3 aromatic carbocycles. The van der Waals surface area contributed by atoms with Gasteiger partial charge >= 0.3 is 23.9 Å². The molecule has 3 aromatic rings. The highest BCUT2D eigenvalue weighted by Gasteiger charge is 2.30. The molecule has 0 saturated heterocycles. The van der Waals surface area contributed by atoms with Crippen LogP contribution < -0.4 is 28.4 Å². The van der Waals surface area contributed by atoms with Gasteiger partial charge in [0.1, 0.15) is 60.9 Å². The lowest BCUT2D eigenvalue weighted by atomic mass is 9.82. The maximum absolute atomic E-state index is 13.0. The first-order valence-electron chi connectivity index (χ1n) is 23.9. The number of aldehydes is 1. The summed E-state index contributed by atoms with van der Waals surface area (Å²) in [6.45, 7) is 11.3. The summed E-state index contributed by atoms with van der Waals surface area (Å²) in [7, 11) is 0. The zero-order valence-electron chi connectivity index (χ0n) is 39.8. The molecule has 0 aromatic heterocycles. The third-order valence-corrected chi connectivity index (χ3v) is 11.5. The van der Waals surface area contributed by atoms with Crippen LogP contribution in [0.3, 0.4) is 0 Å². The Bertz CT molecular complexity index is 2050. The smallest absolute Gasteiger partial charge is 0.330 e. The van der Waals surface area contributed by atoms with Gasteiger partial charge in [-0.3, -0.25) is 14.4 Å². The minimum absolute atomic E-state index is 0.158. The molecule has 0 heterocycles. The van der Waals surface area contributed by atoms with E-state index in [1.165, 1.54) is 0 Å². The molecule has 70 heavy (non-hydrogen) atoms. The Kier molecular flexibility index (Phi) is 24.8. The summed E-state index contributed by atoms with van der Waals surface area (Å²) in [5.41, 5.74) is 0.407. The van der Waals surface area contributed by atoms with E-state index in [1.54, 1.807) is 66.7 Å². The number of ether oxygens (including phenoxy) is 12. The molecule has 17 nitrogen and oxygen atoms in total. The summed E-state index contributed by atoms with van der Waals surface area (Å²) in [5, 5.41) is 0. The summed E-state index contributed by atoms with van der Waals surface area (Å²) >= 11 is 0. The van der Waals surface area contributed by atoms with Crippen molar-refractivity contribution in [3.63, 3.8) is 0 Å². The second-order valence-corrected chi connectivity index (χ2v) is 16.5. The van der Waals surface area contributed by atoms with Gasteiger partial charge < -0.3 is 56.8 Å². The monoisotopic (exact) mass is 974 g/mol. The molecule has 0 N–H and O–H groups in total. The Labute approximate surface area is 409 Å². The molecule has 0 spiro atoms. The van der Waals surface area contributed by atoms with E-state index in [2.05, 4.69) is 13.2 Å². The van der Waals surface area contributed by atoms with Crippen LogP contribution in [0.4, 0.5) is 0 Å². The number of carbonyl (C=O) groups is 5. The van der Waals surface area contributed by atoms with E-state index in [1.807, 2.05) is 0 Å². The Morgan fingerprint density at radius 2 is 0.814 bits per heavy atom. The number of benzene rings is 3. The van der Waals surface area contributed by atoms with Crippen molar-refractivity contribution in [2.24, 2.45) is 23.7 Å². The number of hydrogen-bond donors (Lipinski definition) is 0. The van der Waals surface area contributed by atoms with Gasteiger partial charge in [0.25, 0.3) is 0 Å². The Hall–Kier alpha value is -6.27. The Morgan fingerprint density at radius 1 is 0.443 bits per heavy atom. The number of esters is 4. The first kappa shape index (κ1) is 54.7. The molecular weight excluding hydrogens is 909 g/mol. The molecule has 2 aliphatic rings. The molecule has 0 unspecified atom stereocenters. The quantitative estimate of drug-likeness (QED) is 0.0193. The first-order chi connectivity index (χ1) is 34.2. The van der Waals surface area contributed by atoms with Crippen LogP contribution in [0, 0.1) is 23.7 Å². The van der Waals surface area contributed by atoms with Crippen molar-refractivity contribution in [3.05, 3.63) is 97.6 Å². The van der Waals surface area contributed by atoms with Gasteiger partial charge in [0.05, 0.1) is 83.5 Å². The van der Waals surface area contributed by atoms with Crippen molar-refractivity contribution in [2.75, 3.05) is 92.5 Å². The highest BCUT2D eigenvalue weighted by atomic mass is 16.6. The van der Waals surface area contributed by atoms with E-state index in [-0.39, 0.29) is 62.0 Å². The van der Waals surface area contributed by atoms with E-state index < -0.39 is 11.9 Å². The maximum Gasteiger partial charge on any atom is 0.330 e. The van der Waals surface area contributed by atoms with Crippen LogP contribution in [0.25, 0.3) is 0 Å². The van der Waals surface area contributed by atoms with Gasteiger partial charge in [-0.2, -0.15) is 0 Å². The van der Waals surface area contributed by atoms with Crippen LogP contribution in [0.5, 0.6) is 34.5 Å². The van der Waals surface area contributed by atoms with Crippen molar-refractivity contribution in [2.45, 2.75) is 51.4 Å². The van der Waals surface area contributed by atoms with Crippen LogP contribution in [-0.4, -0.2) is 123 Å². The maximum atomic E-state index is 13.0. The van der Waals surface area contributed by atoms with Gasteiger partial charge in [0, 0.05) is 12.2 Å². The van der Waals surface area contributed by atoms with Crippen LogP contribution in [-0.2, 0) is 47.6 Å². The van der Waals surface area contributed by atoms with Gasteiger partial charge in [0.15, 0.2) is 6.29 Å². The third kappa shape index (κ3) is 20.8. The molecule has 0 amide bonds. The molecule has 5 rings (SSSR count). The van der Waals surface area contributed by atoms with Crippen LogP contribution in [0.15, 0.2) is 92.0 Å². The van der Waals surface area contributed by atoms with Crippen LogP contribution >= 0.6 is 0 Å². The van der Waals surface area contributed by atoms with E-state index >= 15 is 0 Å². The highest BCUT2D eigenvalue weighted by Crippen LogP contribution is 2.34. The Morgan fingerprint density at radius 3 is 1.23 bits per heavy atom. The van der Waals surface area contributed by atoms with Crippen molar-refractivity contribution in [1.82, 2.24) is 0 Å². The fourth-order valence-electron chi connectivity index (χ4n) is 7.60. The molecule has 2 saturated carbocycles. The average molecular weight is 975 g/mol. The largest absolute Gasteiger partial charge is 0.493 e. The molecule has 0 radical (unpaired) electrons. The average Bonchev–Trinajstić information content (AvgIpc) is 3.39. The van der Waals surface area contributed by atoms with E-state index in [9.17, 15) is 24.0 Å². The fraction of sp³-hybridized carbons (Fsp3) is 0.491. The van der Waals surface area contributed by atoms with Crippen LogP contribution in [0.2, 0.25) is 0 Å². The molecule has 2 aliphatic carbocycles. The Balaban J connectivity index is 0.887. The molecule has 2 fully saturated rings. The van der Waals surface area contributed by atoms with Gasteiger partial charge in [0.2, 0.25) is 0 Å². The lowest BCUT2D eigenvalue weighted by Crippen LogP contribution is -2.28. The molecule has 380 valence electrons. The van der Waals surface area contributed by atoms with Gasteiger partial charge in [-0.25, -0.2) is 9.59 Å². The lowest BCUT2D eigenvalue weighted by molar-refractivity contribution is -0.141. The van der Waals surface area contributed by atoms with Crippen molar-refractivity contribution in [1.29, 1.82) is 0 Å². The summed E-state index contributed by atoms with van der Waals surface area (Å²) in [4.78, 5) is 59.9. The zero-order chi connectivity index (χ0) is 49.6. The minimum Gasteiger partial charge on any atom is -0.493 e. The molecule has 0 atom stereocenters. The second-order valence-electron chi connectivity index (χ2n) is 16.5. The number of hydrogen-bond acceptors (Lipinski definition) is 17.